The summed E-state index contributed by atoms with van der Waals surface area (Å²) in [5, 5.41) is 8.70. The minimum Gasteiger partial charge on any atom is -0.337 e. The first-order valence-electron chi connectivity index (χ1n) is 6.54. The molecule has 0 aliphatic carbocycles. The number of sulfonamides is 1. The molecule has 0 atom stereocenters. The van der Waals surface area contributed by atoms with Crippen molar-refractivity contribution in [1.29, 1.82) is 5.26 Å². The molecule has 0 radical (unpaired) electrons. The maximum Gasteiger partial charge on any atom is 0.259 e. The number of aromatic nitrogens is 2. The van der Waals surface area contributed by atoms with Crippen molar-refractivity contribution in [2.24, 2.45) is 7.05 Å². The Kier molecular flexibility index (Phi) is 4.42. The molecule has 1 aromatic heterocycles. The molecule has 8 heteroatoms. The van der Waals surface area contributed by atoms with Gasteiger partial charge < -0.3 is 4.57 Å². The maximum absolute atomic E-state index is 12.2. The SMILES string of the molecule is Cc1nc(S(=O)(=O)NC2CCN(CC#N)CC2)cn1C. The summed E-state index contributed by atoms with van der Waals surface area (Å²) in [5.41, 5.74) is 0. The summed E-state index contributed by atoms with van der Waals surface area (Å²) in [4.78, 5) is 6.07. The second kappa shape index (κ2) is 5.91. The zero-order chi connectivity index (χ0) is 14.8. The average Bonchev–Trinajstić information content (AvgIpc) is 2.73. The van der Waals surface area contributed by atoms with Gasteiger partial charge >= 0.3 is 0 Å². The molecule has 0 aromatic carbocycles. The van der Waals surface area contributed by atoms with E-state index in [9.17, 15) is 8.42 Å². The van der Waals surface area contributed by atoms with E-state index in [0.717, 1.165) is 13.1 Å². The van der Waals surface area contributed by atoms with Crippen molar-refractivity contribution in [3.63, 3.8) is 0 Å². The van der Waals surface area contributed by atoms with Crippen LogP contribution in [0.4, 0.5) is 0 Å². The normalized spacial score (nSPS) is 18.1. The van der Waals surface area contributed by atoms with Crippen LogP contribution in [0.5, 0.6) is 0 Å². The highest BCUT2D eigenvalue weighted by Crippen LogP contribution is 2.14. The molecule has 2 rings (SSSR count). The lowest BCUT2D eigenvalue weighted by atomic mass is 10.1. The van der Waals surface area contributed by atoms with E-state index < -0.39 is 10.0 Å². The monoisotopic (exact) mass is 297 g/mol. The van der Waals surface area contributed by atoms with Crippen molar-refractivity contribution < 1.29 is 8.42 Å². The Morgan fingerprint density at radius 3 is 2.65 bits per heavy atom. The van der Waals surface area contributed by atoms with Gasteiger partial charge in [0.05, 0.1) is 12.6 Å². The van der Waals surface area contributed by atoms with E-state index in [4.69, 9.17) is 5.26 Å². The zero-order valence-electron chi connectivity index (χ0n) is 11.7. The van der Waals surface area contributed by atoms with Crippen LogP contribution in [0.1, 0.15) is 18.7 Å². The molecule has 0 bridgehead atoms. The molecular formula is C12H19N5O2S. The molecule has 1 fully saturated rings. The van der Waals surface area contributed by atoms with E-state index in [-0.39, 0.29) is 11.1 Å². The average molecular weight is 297 g/mol. The molecule has 1 saturated heterocycles. The summed E-state index contributed by atoms with van der Waals surface area (Å²) in [6.07, 6.45) is 2.95. The number of hydrogen-bond acceptors (Lipinski definition) is 5. The Labute approximate surface area is 119 Å². The van der Waals surface area contributed by atoms with Crippen LogP contribution >= 0.6 is 0 Å². The molecule has 2 heterocycles. The van der Waals surface area contributed by atoms with Crippen LogP contribution in [0, 0.1) is 18.3 Å². The number of imidazole rings is 1. The standard InChI is InChI=1S/C12H19N5O2S/c1-10-14-12(9-16(10)2)20(18,19)15-11-3-6-17(7-4-11)8-5-13/h9,11,15H,3-4,6-8H2,1-2H3. The van der Waals surface area contributed by atoms with E-state index in [1.807, 2.05) is 4.90 Å². The summed E-state index contributed by atoms with van der Waals surface area (Å²) < 4.78 is 28.8. The van der Waals surface area contributed by atoms with E-state index in [1.54, 1.807) is 18.5 Å². The van der Waals surface area contributed by atoms with Crippen molar-refractivity contribution in [2.75, 3.05) is 19.6 Å². The van der Waals surface area contributed by atoms with Gasteiger partial charge in [0.1, 0.15) is 5.82 Å². The van der Waals surface area contributed by atoms with Crippen LogP contribution in [0.2, 0.25) is 0 Å². The third-order valence-electron chi connectivity index (χ3n) is 3.57. The Morgan fingerprint density at radius 1 is 1.50 bits per heavy atom. The number of hydrogen-bond donors (Lipinski definition) is 1. The first kappa shape index (κ1) is 15.0. The quantitative estimate of drug-likeness (QED) is 0.790. The lowest BCUT2D eigenvalue weighted by Crippen LogP contribution is -2.44. The predicted octanol–water partition coefficient (Wildman–Crippen LogP) is -0.00520. The molecule has 20 heavy (non-hydrogen) atoms. The number of aryl methyl sites for hydroxylation is 2. The number of rotatable bonds is 4. The van der Waals surface area contributed by atoms with Crippen molar-refractivity contribution in [2.45, 2.75) is 30.8 Å². The van der Waals surface area contributed by atoms with Crippen molar-refractivity contribution >= 4 is 10.0 Å². The molecule has 0 amide bonds. The summed E-state index contributed by atoms with van der Waals surface area (Å²) >= 11 is 0. The van der Waals surface area contributed by atoms with Gasteiger partial charge in [-0.3, -0.25) is 4.90 Å². The Bertz CT molecular complexity index is 589. The van der Waals surface area contributed by atoms with E-state index in [0.29, 0.717) is 25.2 Å². The number of likely N-dealkylation sites (tertiary alicyclic amines) is 1. The van der Waals surface area contributed by atoms with E-state index in [1.165, 1.54) is 6.20 Å². The van der Waals surface area contributed by atoms with Crippen LogP contribution in [-0.4, -0.2) is 48.5 Å². The fourth-order valence-electron chi connectivity index (χ4n) is 2.24. The lowest BCUT2D eigenvalue weighted by Gasteiger charge is -2.30. The number of nitrogens with zero attached hydrogens (tertiary/aromatic N) is 4. The van der Waals surface area contributed by atoms with Crippen molar-refractivity contribution in [1.82, 2.24) is 19.2 Å². The molecule has 1 aliphatic heterocycles. The van der Waals surface area contributed by atoms with E-state index in [2.05, 4.69) is 15.8 Å². The third kappa shape index (κ3) is 3.36. The van der Waals surface area contributed by atoms with Gasteiger partial charge in [-0.2, -0.15) is 5.26 Å². The molecule has 110 valence electrons. The summed E-state index contributed by atoms with van der Waals surface area (Å²) in [5.74, 6) is 0.661. The largest absolute Gasteiger partial charge is 0.337 e. The van der Waals surface area contributed by atoms with Crippen molar-refractivity contribution in [3.8, 4) is 6.07 Å². The van der Waals surface area contributed by atoms with Gasteiger partial charge in [0.25, 0.3) is 10.0 Å². The minimum atomic E-state index is -3.56. The first-order chi connectivity index (χ1) is 9.42. The Hall–Kier alpha value is -1.43. The molecule has 1 aromatic rings. The second-order valence-corrected chi connectivity index (χ2v) is 6.73. The fraction of sp³-hybridized carbons (Fsp3) is 0.667. The number of nitriles is 1. The van der Waals surface area contributed by atoms with Crippen LogP contribution < -0.4 is 4.72 Å². The van der Waals surface area contributed by atoms with Gasteiger partial charge in [0.2, 0.25) is 0 Å². The van der Waals surface area contributed by atoms with Crippen LogP contribution in [-0.2, 0) is 17.1 Å². The molecule has 0 spiro atoms. The number of nitrogens with one attached hydrogen (secondary N) is 1. The van der Waals surface area contributed by atoms with Gasteiger partial charge in [-0.1, -0.05) is 0 Å². The number of piperidine rings is 1. The van der Waals surface area contributed by atoms with Gasteiger partial charge in [0.15, 0.2) is 5.03 Å². The molecule has 7 nitrogen and oxygen atoms in total. The van der Waals surface area contributed by atoms with E-state index >= 15 is 0 Å². The Balaban J connectivity index is 1.98. The summed E-state index contributed by atoms with van der Waals surface area (Å²) in [6.45, 7) is 3.64. The lowest BCUT2D eigenvalue weighted by molar-refractivity contribution is 0.229. The maximum atomic E-state index is 12.2. The second-order valence-electron chi connectivity index (χ2n) is 5.07. The molecule has 0 unspecified atom stereocenters. The van der Waals surface area contributed by atoms with Gasteiger partial charge in [-0.05, 0) is 19.8 Å². The van der Waals surface area contributed by atoms with Crippen LogP contribution in [0.25, 0.3) is 0 Å². The molecule has 1 aliphatic rings. The fourth-order valence-corrected chi connectivity index (χ4v) is 3.59. The smallest absolute Gasteiger partial charge is 0.259 e. The van der Waals surface area contributed by atoms with Crippen molar-refractivity contribution in [3.05, 3.63) is 12.0 Å². The zero-order valence-corrected chi connectivity index (χ0v) is 12.5. The summed E-state index contributed by atoms with van der Waals surface area (Å²) in [6, 6.07) is 2.02. The topological polar surface area (TPSA) is 91.0 Å². The predicted molar refractivity (Wildman–Crippen MR) is 73.3 cm³/mol. The third-order valence-corrected chi connectivity index (χ3v) is 4.96. The highest BCUT2D eigenvalue weighted by atomic mass is 32.2. The molecule has 1 N–H and O–H groups in total. The first-order valence-corrected chi connectivity index (χ1v) is 8.02. The van der Waals surface area contributed by atoms with Crippen LogP contribution in [0.15, 0.2) is 11.2 Å². The highest BCUT2D eigenvalue weighted by Gasteiger charge is 2.26. The summed E-state index contributed by atoms with van der Waals surface area (Å²) in [7, 11) is -1.79. The van der Waals surface area contributed by atoms with Crippen LogP contribution in [0.3, 0.4) is 0 Å². The Morgan fingerprint density at radius 2 is 2.15 bits per heavy atom. The highest BCUT2D eigenvalue weighted by molar-refractivity contribution is 7.89. The van der Waals surface area contributed by atoms with Gasteiger partial charge in [-0.25, -0.2) is 18.1 Å². The molecular weight excluding hydrogens is 278 g/mol. The molecule has 0 saturated carbocycles. The van der Waals surface area contributed by atoms with Gasteiger partial charge in [0, 0.05) is 32.4 Å². The minimum absolute atomic E-state index is 0.0666. The van der Waals surface area contributed by atoms with Gasteiger partial charge in [-0.15, -0.1) is 0 Å².